The molecule has 3 aromatic heterocycles. The molecule has 0 saturated carbocycles. The Bertz CT molecular complexity index is 1760. The van der Waals surface area contributed by atoms with E-state index in [4.69, 9.17) is 0 Å². The van der Waals surface area contributed by atoms with Gasteiger partial charge in [-0.25, -0.2) is 0 Å². The number of para-hydroxylation sites is 2. The lowest BCUT2D eigenvalue weighted by molar-refractivity contribution is 1.28. The van der Waals surface area contributed by atoms with E-state index < -0.39 is 0 Å². The Hall–Kier alpha value is -4.10. The number of aromatic nitrogens is 2. The van der Waals surface area contributed by atoms with Gasteiger partial charge in [0.05, 0.1) is 11.7 Å². The molecule has 0 radical (unpaired) electrons. The normalized spacial score (nSPS) is 11.2. The van der Waals surface area contributed by atoms with Crippen molar-refractivity contribution < 1.29 is 0 Å². The van der Waals surface area contributed by atoms with Gasteiger partial charge in [0, 0.05) is 42.8 Å². The van der Waals surface area contributed by atoms with Gasteiger partial charge in [-0.15, -0.1) is 22.7 Å². The van der Waals surface area contributed by atoms with Crippen LogP contribution in [0.5, 0.6) is 0 Å². The largest absolute Gasteiger partial charge is 0.311 e. The molecule has 0 amide bonds. The van der Waals surface area contributed by atoms with Gasteiger partial charge < -0.3 is 4.90 Å². The average molecular weight is 544 g/mol. The number of thiophene rings is 2. The van der Waals surface area contributed by atoms with Crippen LogP contribution in [0, 0.1) is 0 Å². The van der Waals surface area contributed by atoms with Crippen molar-refractivity contribution in [3.8, 4) is 31.3 Å². The van der Waals surface area contributed by atoms with Crippen LogP contribution in [0.4, 0.5) is 17.1 Å². The lowest BCUT2D eigenvalue weighted by Crippen LogP contribution is -2.09. The lowest BCUT2D eigenvalue weighted by atomic mass is 10.1. The number of rotatable bonds is 6. The van der Waals surface area contributed by atoms with Crippen LogP contribution in [0.15, 0.2) is 127 Å². The van der Waals surface area contributed by atoms with Crippen LogP contribution in [-0.2, 0) is 0 Å². The lowest BCUT2D eigenvalue weighted by Gasteiger charge is -2.25. The smallest absolute Gasteiger partial charge is 0.114 e. The minimum atomic E-state index is 0.978. The van der Waals surface area contributed by atoms with Crippen molar-refractivity contribution in [2.24, 2.45) is 0 Å². The Labute approximate surface area is 233 Å². The molecule has 182 valence electrons. The van der Waals surface area contributed by atoms with Crippen LogP contribution in [0.25, 0.3) is 42.4 Å². The van der Waals surface area contributed by atoms with Crippen LogP contribution in [0.2, 0.25) is 0 Å². The summed E-state index contributed by atoms with van der Waals surface area (Å²) in [6, 6.07) is 42.8. The van der Waals surface area contributed by atoms with E-state index in [0.717, 1.165) is 39.2 Å². The van der Waals surface area contributed by atoms with Crippen LogP contribution < -0.4 is 4.90 Å². The summed E-state index contributed by atoms with van der Waals surface area (Å²) in [5.41, 5.74) is 8.86. The maximum atomic E-state index is 4.67. The predicted molar refractivity (Wildman–Crippen MR) is 164 cm³/mol. The number of fused-ring (bicyclic) bond motifs is 1. The van der Waals surface area contributed by atoms with Gasteiger partial charge in [0.25, 0.3) is 0 Å². The summed E-state index contributed by atoms with van der Waals surface area (Å²) in [6.45, 7) is 0. The summed E-state index contributed by atoms with van der Waals surface area (Å²) >= 11 is 4.81. The van der Waals surface area contributed by atoms with Crippen molar-refractivity contribution >= 4 is 62.5 Å². The fourth-order valence-corrected chi connectivity index (χ4v) is 7.07. The molecule has 4 aromatic carbocycles. The molecular weight excluding hydrogens is 523 g/mol. The molecular formula is C32H21N3S3. The van der Waals surface area contributed by atoms with E-state index in [0.29, 0.717) is 0 Å². The summed E-state index contributed by atoms with van der Waals surface area (Å²) in [5, 5.41) is 2.10. The van der Waals surface area contributed by atoms with Crippen molar-refractivity contribution in [3.63, 3.8) is 0 Å². The molecule has 0 aliphatic heterocycles. The molecule has 0 bridgehead atoms. The van der Waals surface area contributed by atoms with Gasteiger partial charge in [-0.1, -0.05) is 66.7 Å². The van der Waals surface area contributed by atoms with Gasteiger partial charge in [0.15, 0.2) is 0 Å². The second-order valence-electron chi connectivity index (χ2n) is 8.82. The van der Waals surface area contributed by atoms with E-state index in [1.165, 1.54) is 31.9 Å². The number of hydrogen-bond donors (Lipinski definition) is 0. The number of benzene rings is 4. The monoisotopic (exact) mass is 543 g/mol. The first-order valence-corrected chi connectivity index (χ1v) is 14.7. The highest BCUT2D eigenvalue weighted by Gasteiger charge is 2.16. The van der Waals surface area contributed by atoms with Gasteiger partial charge in [-0.3, -0.25) is 0 Å². The summed E-state index contributed by atoms with van der Waals surface area (Å²) in [5.74, 6) is 0. The standard InChI is InChI=1S/C32H21N3S3/c1-3-8-23(9-4-1)35(24-10-5-2-6-11-24)25-15-13-22(14-16-25)28-19-20-30(37-28)27-18-17-26(29-12-7-21-36-29)31-32(27)34-38-33-31/h1-21H. The Morgan fingerprint density at radius 1 is 0.474 bits per heavy atom. The fraction of sp³-hybridized carbons (Fsp3) is 0. The number of nitrogens with zero attached hydrogens (tertiary/aromatic N) is 3. The van der Waals surface area contributed by atoms with Gasteiger partial charge in [-0.05, 0) is 65.5 Å². The molecule has 0 fully saturated rings. The first-order valence-electron chi connectivity index (χ1n) is 12.3. The van der Waals surface area contributed by atoms with Gasteiger partial charge in [-0.2, -0.15) is 8.75 Å². The molecule has 0 spiro atoms. The Morgan fingerprint density at radius 3 is 1.66 bits per heavy atom. The third-order valence-corrected chi connectivity index (χ3v) is 9.11. The zero-order valence-corrected chi connectivity index (χ0v) is 22.6. The molecule has 38 heavy (non-hydrogen) atoms. The maximum Gasteiger partial charge on any atom is 0.114 e. The SMILES string of the molecule is c1ccc(N(c2ccccc2)c2ccc(-c3ccc(-c4ccc(-c5cccs5)c5nsnc45)s3)cc2)cc1. The molecule has 0 N–H and O–H groups in total. The summed E-state index contributed by atoms with van der Waals surface area (Å²) < 4.78 is 9.31. The minimum absolute atomic E-state index is 0.978. The molecule has 3 heterocycles. The van der Waals surface area contributed by atoms with Crippen molar-refractivity contribution in [2.45, 2.75) is 0 Å². The van der Waals surface area contributed by atoms with Gasteiger partial charge >= 0.3 is 0 Å². The third kappa shape index (κ3) is 4.23. The molecule has 7 aromatic rings. The topological polar surface area (TPSA) is 29.0 Å². The van der Waals surface area contributed by atoms with E-state index in [1.807, 2.05) is 0 Å². The minimum Gasteiger partial charge on any atom is -0.311 e. The summed E-state index contributed by atoms with van der Waals surface area (Å²) in [4.78, 5) is 5.94. The molecule has 0 aliphatic carbocycles. The third-order valence-electron chi connectivity index (χ3n) is 6.51. The Balaban J connectivity index is 1.22. The second-order valence-corrected chi connectivity index (χ2v) is 11.4. The molecule has 0 aliphatic rings. The molecule has 0 saturated heterocycles. The molecule has 6 heteroatoms. The maximum absolute atomic E-state index is 4.67. The second kappa shape index (κ2) is 9.99. The molecule has 0 unspecified atom stereocenters. The fourth-order valence-electron chi connectivity index (χ4n) is 4.71. The highest BCUT2D eigenvalue weighted by Crippen LogP contribution is 2.41. The van der Waals surface area contributed by atoms with Gasteiger partial charge in [0.1, 0.15) is 11.0 Å². The van der Waals surface area contributed by atoms with Crippen LogP contribution in [0.3, 0.4) is 0 Å². The van der Waals surface area contributed by atoms with Gasteiger partial charge in [0.2, 0.25) is 0 Å². The van der Waals surface area contributed by atoms with Crippen LogP contribution >= 0.6 is 34.4 Å². The highest BCUT2D eigenvalue weighted by molar-refractivity contribution is 7.19. The molecule has 3 nitrogen and oxygen atoms in total. The van der Waals surface area contributed by atoms with E-state index in [-0.39, 0.29) is 0 Å². The van der Waals surface area contributed by atoms with E-state index in [1.54, 1.807) is 22.7 Å². The first kappa shape index (κ1) is 23.0. The zero-order chi connectivity index (χ0) is 25.3. The average Bonchev–Trinajstić information content (AvgIpc) is 3.77. The summed E-state index contributed by atoms with van der Waals surface area (Å²) in [6.07, 6.45) is 0. The number of anilines is 3. The molecule has 0 atom stereocenters. The van der Waals surface area contributed by atoms with Crippen LogP contribution in [0.1, 0.15) is 0 Å². The Kier molecular flexibility index (Phi) is 6.06. The predicted octanol–water partition coefficient (Wildman–Crippen LogP) is 10.3. The first-order chi connectivity index (χ1) is 18.8. The van der Waals surface area contributed by atoms with Crippen molar-refractivity contribution in [2.75, 3.05) is 4.90 Å². The van der Waals surface area contributed by atoms with E-state index in [2.05, 4.69) is 140 Å². The van der Waals surface area contributed by atoms with Crippen molar-refractivity contribution in [3.05, 3.63) is 127 Å². The Morgan fingerprint density at radius 2 is 1.05 bits per heavy atom. The summed E-state index contributed by atoms with van der Waals surface area (Å²) in [7, 11) is 0. The van der Waals surface area contributed by atoms with Crippen LogP contribution in [-0.4, -0.2) is 8.75 Å². The van der Waals surface area contributed by atoms with Crippen molar-refractivity contribution in [1.82, 2.24) is 8.75 Å². The van der Waals surface area contributed by atoms with Crippen molar-refractivity contribution in [1.29, 1.82) is 0 Å². The van der Waals surface area contributed by atoms with E-state index >= 15 is 0 Å². The van der Waals surface area contributed by atoms with E-state index in [9.17, 15) is 0 Å². The quantitative estimate of drug-likeness (QED) is 0.209. The highest BCUT2D eigenvalue weighted by atomic mass is 32.1. The number of hydrogen-bond acceptors (Lipinski definition) is 6. The zero-order valence-electron chi connectivity index (χ0n) is 20.2. The molecule has 7 rings (SSSR count).